The van der Waals surface area contributed by atoms with Crippen LogP contribution in [0.25, 0.3) is 32.8 Å². The van der Waals surface area contributed by atoms with Gasteiger partial charge < -0.3 is 5.43 Å². The Hall–Kier alpha value is -2.69. The van der Waals surface area contributed by atoms with Gasteiger partial charge in [-0.1, -0.05) is 0 Å². The average Bonchev–Trinajstić information content (AvgIpc) is 2.81. The van der Waals surface area contributed by atoms with E-state index in [1.54, 1.807) is 12.4 Å². The zero-order chi connectivity index (χ0) is 12.8. The summed E-state index contributed by atoms with van der Waals surface area (Å²) in [5.41, 5.74) is 4.88. The summed E-state index contributed by atoms with van der Waals surface area (Å²) in [5.74, 6) is 0. The van der Waals surface area contributed by atoms with Crippen LogP contribution in [0.15, 0.2) is 43.0 Å². The largest absolute Gasteiger partial charge is 0.326 e. The molecule has 0 aliphatic heterocycles. The topological polar surface area (TPSA) is 55.6 Å². The van der Waals surface area contributed by atoms with E-state index in [1.165, 1.54) is 0 Å². The van der Waals surface area contributed by atoms with E-state index < -0.39 is 0 Å². The summed E-state index contributed by atoms with van der Waals surface area (Å²) >= 11 is 0. The molecule has 0 unspecified atom stereocenters. The van der Waals surface area contributed by atoms with Gasteiger partial charge in [-0.15, -0.1) is 0 Å². The fraction of sp³-hybridized carbons (Fsp3) is 0.0714. The second-order valence-electron chi connectivity index (χ2n) is 4.35. The summed E-state index contributed by atoms with van der Waals surface area (Å²) in [5, 5.41) is 4.35. The Morgan fingerprint density at radius 3 is 2.84 bits per heavy atom. The molecule has 0 saturated carbocycles. The number of fused-ring (bicyclic) bond motifs is 5. The lowest BCUT2D eigenvalue weighted by Gasteiger charge is -2.03. The first-order valence-corrected chi connectivity index (χ1v) is 6.06. The number of hydrogen-bond donors (Lipinski definition) is 1. The Kier molecular flexibility index (Phi) is 1.97. The van der Waals surface area contributed by atoms with Crippen LogP contribution in [-0.4, -0.2) is 26.7 Å². The van der Waals surface area contributed by atoms with Gasteiger partial charge >= 0.3 is 0 Å². The lowest BCUT2D eigenvalue weighted by atomic mass is 10.1. The maximum absolute atomic E-state index is 4.55. The predicted molar refractivity (Wildman–Crippen MR) is 75.6 cm³/mol. The van der Waals surface area contributed by atoms with E-state index in [4.69, 9.17) is 0 Å². The molecule has 4 aromatic heterocycles. The van der Waals surface area contributed by atoms with Gasteiger partial charge in [-0.3, -0.25) is 4.98 Å². The number of nitrogens with zero attached hydrogens (tertiary/aromatic N) is 4. The van der Waals surface area contributed by atoms with E-state index in [1.807, 2.05) is 36.3 Å². The van der Waals surface area contributed by atoms with Crippen LogP contribution in [0.5, 0.6) is 0 Å². The van der Waals surface area contributed by atoms with E-state index >= 15 is 0 Å². The predicted octanol–water partition coefficient (Wildman–Crippen LogP) is 2.31. The molecule has 0 radical (unpaired) electrons. The highest BCUT2D eigenvalue weighted by Gasteiger charge is 2.14. The summed E-state index contributed by atoms with van der Waals surface area (Å²) in [7, 11) is 1.86. The van der Waals surface area contributed by atoms with E-state index in [0.29, 0.717) is 0 Å². The molecular formula is C14H11N5. The van der Waals surface area contributed by atoms with Gasteiger partial charge in [-0.2, -0.15) is 0 Å². The third kappa shape index (κ3) is 1.26. The molecular weight excluding hydrogens is 238 g/mol. The third-order valence-electron chi connectivity index (χ3n) is 3.38. The van der Waals surface area contributed by atoms with Gasteiger partial charge in [0.2, 0.25) is 0 Å². The molecule has 0 spiro atoms. The molecule has 0 aromatic carbocycles. The number of aromatic nitrogens is 4. The Bertz CT molecular complexity index is 910. The van der Waals surface area contributed by atoms with Crippen molar-refractivity contribution in [2.75, 3.05) is 12.5 Å². The van der Waals surface area contributed by atoms with Gasteiger partial charge in [-0.25, -0.2) is 14.6 Å². The van der Waals surface area contributed by atoms with Crippen LogP contribution in [0.3, 0.4) is 0 Å². The highest BCUT2D eigenvalue weighted by Crippen LogP contribution is 2.30. The van der Waals surface area contributed by atoms with Gasteiger partial charge in [0.05, 0.1) is 0 Å². The highest BCUT2D eigenvalue weighted by atomic mass is 15.4. The lowest BCUT2D eigenvalue weighted by molar-refractivity contribution is 0.976. The second kappa shape index (κ2) is 3.65. The molecule has 0 fully saturated rings. The van der Waals surface area contributed by atoms with Gasteiger partial charge in [0, 0.05) is 53.4 Å². The summed E-state index contributed by atoms with van der Waals surface area (Å²) in [6.45, 7) is 0. The first-order chi connectivity index (χ1) is 9.40. The van der Waals surface area contributed by atoms with E-state index in [9.17, 15) is 0 Å². The average molecular weight is 249 g/mol. The zero-order valence-electron chi connectivity index (χ0n) is 10.3. The fourth-order valence-electron chi connectivity index (χ4n) is 2.56. The van der Waals surface area contributed by atoms with Gasteiger partial charge in [0.1, 0.15) is 0 Å². The number of nitrogens with one attached hydrogen (secondary N) is 1. The molecule has 5 nitrogen and oxygen atoms in total. The van der Waals surface area contributed by atoms with Crippen LogP contribution in [-0.2, 0) is 0 Å². The van der Waals surface area contributed by atoms with Crippen molar-refractivity contribution in [1.29, 1.82) is 0 Å². The summed E-state index contributed by atoms with van der Waals surface area (Å²) in [6.07, 6.45) is 7.32. The van der Waals surface area contributed by atoms with Crippen molar-refractivity contribution in [2.45, 2.75) is 0 Å². The summed E-state index contributed by atoms with van der Waals surface area (Å²) in [4.78, 5) is 13.2. The third-order valence-corrected chi connectivity index (χ3v) is 3.38. The van der Waals surface area contributed by atoms with Crippen molar-refractivity contribution in [3.8, 4) is 0 Å². The Labute approximate surface area is 108 Å². The minimum Gasteiger partial charge on any atom is -0.326 e. The van der Waals surface area contributed by atoms with Gasteiger partial charge in [-0.05, 0) is 18.2 Å². The first kappa shape index (κ1) is 10.3. The molecule has 4 heterocycles. The van der Waals surface area contributed by atoms with Crippen LogP contribution in [0.2, 0.25) is 0 Å². The molecule has 92 valence electrons. The van der Waals surface area contributed by atoms with Crippen molar-refractivity contribution in [3.05, 3.63) is 43.0 Å². The quantitative estimate of drug-likeness (QED) is 0.562. The standard InChI is InChI=1S/C14H11N5/c1-15-19-13-10(3-2-5-17-13)12-11-8-16-6-4-9(11)7-18-14(12)19/h2-8,15H,1H3. The molecule has 4 rings (SSSR count). The number of hydrogen-bond acceptors (Lipinski definition) is 4. The van der Waals surface area contributed by atoms with Crippen LogP contribution in [0.4, 0.5) is 0 Å². The maximum atomic E-state index is 4.55. The number of pyridine rings is 3. The maximum Gasteiger partial charge on any atom is 0.161 e. The molecule has 19 heavy (non-hydrogen) atoms. The molecule has 4 aromatic rings. The number of rotatable bonds is 1. The van der Waals surface area contributed by atoms with Gasteiger partial charge in [0.25, 0.3) is 0 Å². The summed E-state index contributed by atoms with van der Waals surface area (Å²) < 4.78 is 1.90. The molecule has 0 aliphatic rings. The SMILES string of the molecule is CNn1c2ncccc2c2c3cnccc3cnc21. The molecule has 0 saturated heterocycles. The fourth-order valence-corrected chi connectivity index (χ4v) is 2.56. The minimum absolute atomic E-state index is 0.872. The van der Waals surface area contributed by atoms with Crippen LogP contribution in [0.1, 0.15) is 0 Å². The molecule has 1 N–H and O–H groups in total. The van der Waals surface area contributed by atoms with Crippen molar-refractivity contribution >= 4 is 32.8 Å². The van der Waals surface area contributed by atoms with Crippen molar-refractivity contribution in [3.63, 3.8) is 0 Å². The monoisotopic (exact) mass is 249 g/mol. The van der Waals surface area contributed by atoms with E-state index in [0.717, 1.165) is 32.8 Å². The van der Waals surface area contributed by atoms with E-state index in [-0.39, 0.29) is 0 Å². The highest BCUT2D eigenvalue weighted by molar-refractivity contribution is 6.18. The second-order valence-corrected chi connectivity index (χ2v) is 4.35. The van der Waals surface area contributed by atoms with Crippen molar-refractivity contribution in [1.82, 2.24) is 19.6 Å². The molecule has 0 aliphatic carbocycles. The Morgan fingerprint density at radius 2 is 1.95 bits per heavy atom. The Balaban J connectivity index is 2.37. The normalized spacial score (nSPS) is 11.4. The van der Waals surface area contributed by atoms with Crippen molar-refractivity contribution in [2.24, 2.45) is 0 Å². The summed E-state index contributed by atoms with van der Waals surface area (Å²) in [6, 6.07) is 5.98. The van der Waals surface area contributed by atoms with Crippen molar-refractivity contribution < 1.29 is 0 Å². The van der Waals surface area contributed by atoms with Crippen LogP contribution < -0.4 is 5.43 Å². The van der Waals surface area contributed by atoms with E-state index in [2.05, 4.69) is 26.4 Å². The molecule has 0 atom stereocenters. The molecule has 0 amide bonds. The first-order valence-electron chi connectivity index (χ1n) is 6.06. The van der Waals surface area contributed by atoms with Crippen LogP contribution >= 0.6 is 0 Å². The lowest BCUT2D eigenvalue weighted by Crippen LogP contribution is -2.09. The van der Waals surface area contributed by atoms with Gasteiger partial charge in [0.15, 0.2) is 11.3 Å². The molecule has 0 bridgehead atoms. The molecule has 5 heteroatoms. The minimum atomic E-state index is 0.872. The zero-order valence-corrected chi connectivity index (χ0v) is 10.3. The Morgan fingerprint density at radius 1 is 1.00 bits per heavy atom. The smallest absolute Gasteiger partial charge is 0.161 e. The van der Waals surface area contributed by atoms with Crippen LogP contribution in [0, 0.1) is 0 Å².